The van der Waals surface area contributed by atoms with Crippen LogP contribution in [0.25, 0.3) is 0 Å². The van der Waals surface area contributed by atoms with E-state index in [4.69, 9.17) is 9.47 Å². The van der Waals surface area contributed by atoms with Crippen LogP contribution in [0.3, 0.4) is 0 Å². The first kappa shape index (κ1) is 13.4. The minimum Gasteiger partial charge on any atom is -0.493 e. The van der Waals surface area contributed by atoms with Crippen molar-refractivity contribution in [3.05, 3.63) is 53.7 Å². The Morgan fingerprint density at radius 1 is 1.33 bits per heavy atom. The fourth-order valence-corrected chi connectivity index (χ4v) is 2.37. The van der Waals surface area contributed by atoms with E-state index in [0.717, 1.165) is 17.7 Å². The molecule has 1 unspecified atom stereocenters. The van der Waals surface area contributed by atoms with Crippen molar-refractivity contribution < 1.29 is 14.3 Å². The van der Waals surface area contributed by atoms with Gasteiger partial charge in [-0.3, -0.25) is 4.79 Å². The van der Waals surface area contributed by atoms with Crippen LogP contribution in [0.1, 0.15) is 28.4 Å². The topological polar surface area (TPSA) is 60.5 Å². The number of rotatable bonds is 3. The molecule has 5 nitrogen and oxygen atoms in total. The largest absolute Gasteiger partial charge is 0.493 e. The van der Waals surface area contributed by atoms with Crippen LogP contribution >= 0.6 is 0 Å². The number of benzene rings is 1. The molecule has 1 amide bonds. The van der Waals surface area contributed by atoms with E-state index in [1.807, 2.05) is 24.3 Å². The standard InChI is InChI=1S/C16H16N2O3/c1-20-15-7-6-11(10-17-15)16(19)18-13-8-9-21-14-5-3-2-4-12(13)14/h2-7,10,13H,8-9H2,1H3,(H,18,19). The van der Waals surface area contributed by atoms with Crippen molar-refractivity contribution in [3.63, 3.8) is 0 Å². The number of hydrogen-bond donors (Lipinski definition) is 1. The number of carbonyl (C=O) groups excluding carboxylic acids is 1. The smallest absolute Gasteiger partial charge is 0.253 e. The lowest BCUT2D eigenvalue weighted by Gasteiger charge is -2.26. The zero-order chi connectivity index (χ0) is 14.7. The molecule has 1 aromatic carbocycles. The average molecular weight is 284 g/mol. The molecule has 0 fully saturated rings. The summed E-state index contributed by atoms with van der Waals surface area (Å²) in [5, 5.41) is 3.03. The van der Waals surface area contributed by atoms with Gasteiger partial charge in [0.1, 0.15) is 5.75 Å². The molecule has 1 N–H and O–H groups in total. The molecule has 0 aliphatic carbocycles. The summed E-state index contributed by atoms with van der Waals surface area (Å²) in [5.41, 5.74) is 1.53. The summed E-state index contributed by atoms with van der Waals surface area (Å²) in [4.78, 5) is 16.3. The summed E-state index contributed by atoms with van der Waals surface area (Å²) < 4.78 is 10.6. The normalized spacial score (nSPS) is 16.5. The van der Waals surface area contributed by atoms with E-state index in [0.29, 0.717) is 18.1 Å². The number of aromatic nitrogens is 1. The van der Waals surface area contributed by atoms with Crippen LogP contribution < -0.4 is 14.8 Å². The number of hydrogen-bond acceptors (Lipinski definition) is 4. The molecule has 1 aromatic heterocycles. The maximum Gasteiger partial charge on any atom is 0.253 e. The molecule has 0 spiro atoms. The molecular weight excluding hydrogens is 268 g/mol. The Hall–Kier alpha value is -2.56. The lowest BCUT2D eigenvalue weighted by Crippen LogP contribution is -2.32. The molecule has 0 saturated carbocycles. The predicted octanol–water partition coefficient (Wildman–Crippen LogP) is 2.34. The number of pyridine rings is 1. The van der Waals surface area contributed by atoms with Gasteiger partial charge in [0.15, 0.2) is 0 Å². The minimum atomic E-state index is -0.146. The second kappa shape index (κ2) is 5.83. The molecule has 0 saturated heterocycles. The third-order valence-corrected chi connectivity index (χ3v) is 3.47. The summed E-state index contributed by atoms with van der Waals surface area (Å²) in [6, 6.07) is 11.1. The van der Waals surface area contributed by atoms with E-state index in [1.54, 1.807) is 19.2 Å². The number of fused-ring (bicyclic) bond motifs is 1. The van der Waals surface area contributed by atoms with Crippen LogP contribution in [0.2, 0.25) is 0 Å². The van der Waals surface area contributed by atoms with Gasteiger partial charge in [0.05, 0.1) is 25.3 Å². The van der Waals surface area contributed by atoms with E-state index in [-0.39, 0.29) is 11.9 Å². The average Bonchev–Trinajstić information content (AvgIpc) is 2.55. The van der Waals surface area contributed by atoms with Crippen molar-refractivity contribution >= 4 is 5.91 Å². The lowest BCUT2D eigenvalue weighted by atomic mass is 10.0. The number of nitrogens with one attached hydrogen (secondary N) is 1. The van der Waals surface area contributed by atoms with Crippen molar-refractivity contribution in [2.45, 2.75) is 12.5 Å². The third kappa shape index (κ3) is 2.81. The van der Waals surface area contributed by atoms with Crippen LogP contribution in [0.4, 0.5) is 0 Å². The molecule has 0 bridgehead atoms. The maximum atomic E-state index is 12.3. The van der Waals surface area contributed by atoms with Crippen molar-refractivity contribution in [3.8, 4) is 11.6 Å². The molecule has 1 atom stereocenters. The number of carbonyl (C=O) groups is 1. The van der Waals surface area contributed by atoms with Gasteiger partial charge in [0, 0.05) is 24.2 Å². The van der Waals surface area contributed by atoms with Gasteiger partial charge in [0.25, 0.3) is 5.91 Å². The summed E-state index contributed by atoms with van der Waals surface area (Å²) in [5.74, 6) is 1.18. The highest BCUT2D eigenvalue weighted by Gasteiger charge is 2.23. The first-order valence-electron chi connectivity index (χ1n) is 6.80. The Balaban J connectivity index is 1.76. The Morgan fingerprint density at radius 3 is 2.95 bits per heavy atom. The summed E-state index contributed by atoms with van der Waals surface area (Å²) in [6.45, 7) is 0.600. The van der Waals surface area contributed by atoms with E-state index >= 15 is 0 Å². The van der Waals surface area contributed by atoms with Gasteiger partial charge < -0.3 is 14.8 Å². The highest BCUT2D eigenvalue weighted by Crippen LogP contribution is 2.31. The predicted molar refractivity (Wildman–Crippen MR) is 77.6 cm³/mol. The number of para-hydroxylation sites is 1. The Morgan fingerprint density at radius 2 is 2.19 bits per heavy atom. The van der Waals surface area contributed by atoms with E-state index in [2.05, 4.69) is 10.3 Å². The second-order valence-corrected chi connectivity index (χ2v) is 4.79. The number of amides is 1. The molecule has 1 aliphatic rings. The molecule has 1 aliphatic heterocycles. The molecule has 2 heterocycles. The summed E-state index contributed by atoms with van der Waals surface area (Å²) >= 11 is 0. The highest BCUT2D eigenvalue weighted by atomic mass is 16.5. The van der Waals surface area contributed by atoms with Gasteiger partial charge in [-0.15, -0.1) is 0 Å². The minimum absolute atomic E-state index is 0.0375. The third-order valence-electron chi connectivity index (χ3n) is 3.47. The van der Waals surface area contributed by atoms with E-state index < -0.39 is 0 Å². The summed E-state index contributed by atoms with van der Waals surface area (Å²) in [6.07, 6.45) is 2.27. The van der Waals surface area contributed by atoms with E-state index in [1.165, 1.54) is 6.20 Å². The van der Waals surface area contributed by atoms with Gasteiger partial charge >= 0.3 is 0 Å². The SMILES string of the molecule is COc1ccc(C(=O)NC2CCOc3ccccc32)cn1. The molecule has 2 aromatic rings. The molecule has 0 radical (unpaired) electrons. The van der Waals surface area contributed by atoms with Crippen molar-refractivity contribution in [2.75, 3.05) is 13.7 Å². The fraction of sp³-hybridized carbons (Fsp3) is 0.250. The van der Waals surface area contributed by atoms with Crippen molar-refractivity contribution in [2.24, 2.45) is 0 Å². The first-order chi connectivity index (χ1) is 10.3. The zero-order valence-electron chi connectivity index (χ0n) is 11.7. The maximum absolute atomic E-state index is 12.3. The van der Waals surface area contributed by atoms with Crippen molar-refractivity contribution in [1.29, 1.82) is 0 Å². The zero-order valence-corrected chi connectivity index (χ0v) is 11.7. The van der Waals surface area contributed by atoms with Crippen LogP contribution in [0.5, 0.6) is 11.6 Å². The van der Waals surface area contributed by atoms with Gasteiger partial charge in [-0.05, 0) is 12.1 Å². The highest BCUT2D eigenvalue weighted by molar-refractivity contribution is 5.94. The Kier molecular flexibility index (Phi) is 3.73. The molecule has 5 heteroatoms. The number of ether oxygens (including phenoxy) is 2. The van der Waals surface area contributed by atoms with Crippen LogP contribution in [-0.2, 0) is 0 Å². The van der Waals surface area contributed by atoms with Gasteiger partial charge in [-0.1, -0.05) is 18.2 Å². The lowest BCUT2D eigenvalue weighted by molar-refractivity contribution is 0.0924. The molecule has 108 valence electrons. The summed E-state index contributed by atoms with van der Waals surface area (Å²) in [7, 11) is 1.54. The first-order valence-corrected chi connectivity index (χ1v) is 6.80. The van der Waals surface area contributed by atoms with Crippen LogP contribution in [0.15, 0.2) is 42.6 Å². The van der Waals surface area contributed by atoms with Gasteiger partial charge in [0.2, 0.25) is 5.88 Å². The van der Waals surface area contributed by atoms with Gasteiger partial charge in [-0.25, -0.2) is 4.98 Å². The second-order valence-electron chi connectivity index (χ2n) is 4.79. The monoisotopic (exact) mass is 284 g/mol. The molecular formula is C16H16N2O3. The van der Waals surface area contributed by atoms with Gasteiger partial charge in [-0.2, -0.15) is 0 Å². The van der Waals surface area contributed by atoms with Crippen LogP contribution in [-0.4, -0.2) is 24.6 Å². The molecule has 21 heavy (non-hydrogen) atoms. The van der Waals surface area contributed by atoms with E-state index in [9.17, 15) is 4.79 Å². The fourth-order valence-electron chi connectivity index (χ4n) is 2.37. The quantitative estimate of drug-likeness (QED) is 0.939. The Labute approximate surface area is 122 Å². The number of nitrogens with zero attached hydrogens (tertiary/aromatic N) is 1. The van der Waals surface area contributed by atoms with Crippen LogP contribution in [0, 0.1) is 0 Å². The Bertz CT molecular complexity index is 640. The van der Waals surface area contributed by atoms with Crippen molar-refractivity contribution in [1.82, 2.24) is 10.3 Å². The number of methoxy groups -OCH3 is 1. The molecule has 3 rings (SSSR count).